The molecule has 20 heavy (non-hydrogen) atoms. The second-order valence-electron chi connectivity index (χ2n) is 4.10. The number of hydrogen-bond acceptors (Lipinski definition) is 2. The normalized spacial score (nSPS) is 10.3. The molecule has 0 atom stereocenters. The third kappa shape index (κ3) is 4.10. The van der Waals surface area contributed by atoms with Crippen molar-refractivity contribution in [3.63, 3.8) is 0 Å². The molecule has 0 unspecified atom stereocenters. The van der Waals surface area contributed by atoms with Crippen molar-refractivity contribution in [2.24, 2.45) is 0 Å². The van der Waals surface area contributed by atoms with Gasteiger partial charge in [0.25, 0.3) is 0 Å². The van der Waals surface area contributed by atoms with Crippen LogP contribution in [0.25, 0.3) is 0 Å². The monoisotopic (exact) mass is 328 g/mol. The summed E-state index contributed by atoms with van der Waals surface area (Å²) in [6.07, 6.45) is 1.80. The summed E-state index contributed by atoms with van der Waals surface area (Å²) in [6.45, 7) is 3.26. The van der Waals surface area contributed by atoms with Gasteiger partial charge in [0.2, 0.25) is 0 Å². The van der Waals surface area contributed by atoms with E-state index >= 15 is 0 Å². The van der Waals surface area contributed by atoms with Gasteiger partial charge in [0.1, 0.15) is 5.69 Å². The highest BCUT2D eigenvalue weighted by Crippen LogP contribution is 2.15. The van der Waals surface area contributed by atoms with Gasteiger partial charge in [-0.3, -0.25) is 4.68 Å². The number of benzene rings is 1. The van der Waals surface area contributed by atoms with E-state index in [0.717, 1.165) is 17.9 Å². The van der Waals surface area contributed by atoms with Crippen molar-refractivity contribution >= 4 is 46.2 Å². The molecule has 0 saturated carbocycles. The Morgan fingerprint density at radius 3 is 2.85 bits per heavy atom. The molecule has 0 radical (unpaired) electrons. The minimum absolute atomic E-state index is 0.470. The van der Waals surface area contributed by atoms with Gasteiger partial charge in [-0.05, 0) is 37.3 Å². The Morgan fingerprint density at radius 2 is 2.20 bits per heavy atom. The number of thiocarbonyl (C=S) groups is 1. The Morgan fingerprint density at radius 1 is 1.40 bits per heavy atom. The summed E-state index contributed by atoms with van der Waals surface area (Å²) in [5, 5.41) is 12.2. The molecule has 0 saturated heterocycles. The third-order valence-electron chi connectivity index (χ3n) is 2.61. The first-order valence-electron chi connectivity index (χ1n) is 6.10. The van der Waals surface area contributed by atoms with Crippen LogP contribution in [0.3, 0.4) is 0 Å². The van der Waals surface area contributed by atoms with E-state index in [4.69, 9.17) is 35.4 Å². The smallest absolute Gasteiger partial charge is 0.171 e. The van der Waals surface area contributed by atoms with Gasteiger partial charge in [-0.2, -0.15) is 5.10 Å². The van der Waals surface area contributed by atoms with Crippen LogP contribution in [-0.4, -0.2) is 14.9 Å². The van der Waals surface area contributed by atoms with Crippen molar-refractivity contribution < 1.29 is 0 Å². The molecule has 4 nitrogen and oxygen atoms in total. The lowest BCUT2D eigenvalue weighted by Crippen LogP contribution is -2.28. The average molecular weight is 329 g/mol. The van der Waals surface area contributed by atoms with Gasteiger partial charge >= 0.3 is 0 Å². The van der Waals surface area contributed by atoms with E-state index in [2.05, 4.69) is 15.7 Å². The van der Waals surface area contributed by atoms with Gasteiger partial charge in [0.05, 0.1) is 11.6 Å². The number of nitrogens with one attached hydrogen (secondary N) is 2. The zero-order valence-corrected chi connectivity index (χ0v) is 13.2. The van der Waals surface area contributed by atoms with Crippen molar-refractivity contribution in [3.05, 3.63) is 46.2 Å². The molecule has 1 heterocycles. The maximum Gasteiger partial charge on any atom is 0.171 e. The van der Waals surface area contributed by atoms with Gasteiger partial charge in [-0.25, -0.2) is 0 Å². The Balaban J connectivity index is 1.90. The predicted molar refractivity (Wildman–Crippen MR) is 87.4 cm³/mol. The van der Waals surface area contributed by atoms with Crippen LogP contribution in [0, 0.1) is 0 Å². The number of rotatable bonds is 4. The van der Waals surface area contributed by atoms with Crippen LogP contribution in [0.1, 0.15) is 12.6 Å². The highest BCUT2D eigenvalue weighted by Gasteiger charge is 2.06. The summed E-state index contributed by atoms with van der Waals surface area (Å²) < 4.78 is 1.78. The topological polar surface area (TPSA) is 41.9 Å². The van der Waals surface area contributed by atoms with Crippen LogP contribution in [0.4, 0.5) is 5.69 Å². The molecule has 0 amide bonds. The van der Waals surface area contributed by atoms with Gasteiger partial charge in [-0.1, -0.05) is 29.3 Å². The lowest BCUT2D eigenvalue weighted by molar-refractivity contribution is 0.643. The van der Waals surface area contributed by atoms with E-state index in [1.165, 1.54) is 0 Å². The zero-order valence-electron chi connectivity index (χ0n) is 10.9. The van der Waals surface area contributed by atoms with Crippen LogP contribution in [-0.2, 0) is 13.1 Å². The van der Waals surface area contributed by atoms with Crippen molar-refractivity contribution in [3.8, 4) is 0 Å². The minimum Gasteiger partial charge on any atom is -0.357 e. The lowest BCUT2D eigenvalue weighted by Gasteiger charge is -2.09. The Bertz CT molecular complexity index is 612. The van der Waals surface area contributed by atoms with Crippen molar-refractivity contribution in [2.75, 3.05) is 5.32 Å². The SMILES string of the molecule is CCn1cc(Cl)c(CNC(=S)Nc2cccc(Cl)c2)n1. The molecule has 106 valence electrons. The molecule has 1 aromatic heterocycles. The highest BCUT2D eigenvalue weighted by molar-refractivity contribution is 7.80. The fourth-order valence-electron chi connectivity index (χ4n) is 1.62. The molecular formula is C13H14Cl2N4S. The average Bonchev–Trinajstić information content (AvgIpc) is 2.77. The number of halogens is 2. The quantitative estimate of drug-likeness (QED) is 0.840. The first-order chi connectivity index (χ1) is 9.58. The number of nitrogens with zero attached hydrogens (tertiary/aromatic N) is 2. The molecule has 0 aliphatic heterocycles. The van der Waals surface area contributed by atoms with Gasteiger partial charge in [-0.15, -0.1) is 0 Å². The maximum atomic E-state index is 6.08. The first kappa shape index (κ1) is 15.1. The Labute approximate surface area is 133 Å². The van der Waals surface area contributed by atoms with Crippen LogP contribution in [0.5, 0.6) is 0 Å². The predicted octanol–water partition coefficient (Wildman–Crippen LogP) is 3.70. The molecule has 7 heteroatoms. The Kier molecular flexibility index (Phi) is 5.23. The summed E-state index contributed by atoms with van der Waals surface area (Å²) in [6, 6.07) is 7.35. The van der Waals surface area contributed by atoms with E-state index < -0.39 is 0 Å². The van der Waals surface area contributed by atoms with Crippen LogP contribution >= 0.6 is 35.4 Å². The lowest BCUT2D eigenvalue weighted by atomic mass is 10.3. The number of anilines is 1. The second-order valence-corrected chi connectivity index (χ2v) is 5.35. The van der Waals surface area contributed by atoms with Crippen LogP contribution in [0.15, 0.2) is 30.5 Å². The molecule has 0 aliphatic rings. The number of aromatic nitrogens is 2. The number of hydrogen-bond donors (Lipinski definition) is 2. The van der Waals surface area contributed by atoms with Crippen molar-refractivity contribution in [1.82, 2.24) is 15.1 Å². The van der Waals surface area contributed by atoms with Crippen LogP contribution < -0.4 is 10.6 Å². The summed E-state index contributed by atoms with van der Waals surface area (Å²) >= 11 is 17.2. The highest BCUT2D eigenvalue weighted by atomic mass is 35.5. The summed E-state index contributed by atoms with van der Waals surface area (Å²) in [5.74, 6) is 0. The van der Waals surface area contributed by atoms with E-state index in [1.807, 2.05) is 19.1 Å². The first-order valence-corrected chi connectivity index (χ1v) is 7.27. The van der Waals surface area contributed by atoms with Gasteiger partial charge < -0.3 is 10.6 Å². The van der Waals surface area contributed by atoms with E-state index in [9.17, 15) is 0 Å². The molecule has 0 spiro atoms. The molecule has 2 aromatic rings. The van der Waals surface area contributed by atoms with E-state index in [0.29, 0.717) is 21.7 Å². The minimum atomic E-state index is 0.470. The standard InChI is InChI=1S/C13H14Cl2N4S/c1-2-19-8-11(15)12(18-19)7-16-13(20)17-10-5-3-4-9(14)6-10/h3-6,8H,2,7H2,1H3,(H2,16,17,20). The van der Waals surface area contributed by atoms with Crippen molar-refractivity contribution in [2.45, 2.75) is 20.0 Å². The molecule has 0 aliphatic carbocycles. The van der Waals surface area contributed by atoms with Gasteiger partial charge in [0.15, 0.2) is 5.11 Å². The van der Waals surface area contributed by atoms with Crippen LogP contribution in [0.2, 0.25) is 10.0 Å². The van der Waals surface area contributed by atoms with Crippen molar-refractivity contribution in [1.29, 1.82) is 0 Å². The summed E-state index contributed by atoms with van der Waals surface area (Å²) in [7, 11) is 0. The Hall–Kier alpha value is -1.30. The van der Waals surface area contributed by atoms with Gasteiger partial charge in [0, 0.05) is 23.5 Å². The zero-order chi connectivity index (χ0) is 14.5. The molecule has 1 aromatic carbocycles. The number of aryl methyl sites for hydroxylation is 1. The van der Waals surface area contributed by atoms with E-state index in [1.54, 1.807) is 23.0 Å². The summed E-state index contributed by atoms with van der Waals surface area (Å²) in [5.41, 5.74) is 1.60. The molecule has 2 N–H and O–H groups in total. The fraction of sp³-hybridized carbons (Fsp3) is 0.231. The molecule has 0 bridgehead atoms. The summed E-state index contributed by atoms with van der Waals surface area (Å²) in [4.78, 5) is 0. The molecule has 2 rings (SSSR count). The van der Waals surface area contributed by atoms with E-state index in [-0.39, 0.29) is 0 Å². The maximum absolute atomic E-state index is 6.08. The largest absolute Gasteiger partial charge is 0.357 e. The molecular weight excluding hydrogens is 315 g/mol. The molecule has 0 fully saturated rings. The fourth-order valence-corrected chi connectivity index (χ4v) is 2.22. The third-order valence-corrected chi connectivity index (χ3v) is 3.41. The second kappa shape index (κ2) is 6.92.